The molecule has 1 aromatic carbocycles. The minimum absolute atomic E-state index is 0.0889. The number of benzene rings is 1. The van der Waals surface area contributed by atoms with Crippen LogP contribution in [0.4, 0.5) is 0 Å². The molecule has 2 fully saturated rings. The van der Waals surface area contributed by atoms with Crippen LogP contribution in [0.5, 0.6) is 0 Å². The van der Waals surface area contributed by atoms with E-state index in [0.717, 1.165) is 22.2 Å². The van der Waals surface area contributed by atoms with Crippen LogP contribution >= 0.6 is 11.8 Å². The number of rotatable bonds is 6. The smallest absolute Gasteiger partial charge is 0.233 e. The van der Waals surface area contributed by atoms with Crippen molar-refractivity contribution in [3.8, 4) is 5.69 Å². The second-order valence-corrected chi connectivity index (χ2v) is 10.0. The molecule has 1 aromatic heterocycles. The summed E-state index contributed by atoms with van der Waals surface area (Å²) < 4.78 is 2.03. The van der Waals surface area contributed by atoms with E-state index in [0.29, 0.717) is 44.3 Å². The quantitative estimate of drug-likeness (QED) is 0.623. The number of hydrogen-bond donors (Lipinski definition) is 0. The topological polar surface area (TPSA) is 71.3 Å². The highest BCUT2D eigenvalue weighted by Crippen LogP contribution is 2.28. The second kappa shape index (κ2) is 10.1. The van der Waals surface area contributed by atoms with Crippen molar-refractivity contribution in [3.63, 3.8) is 0 Å². The molecule has 2 heterocycles. The third-order valence-corrected chi connectivity index (χ3v) is 7.56. The Balaban J connectivity index is 1.31. The summed E-state index contributed by atoms with van der Waals surface area (Å²) in [4.78, 5) is 29.2. The molecule has 1 aliphatic heterocycles. The van der Waals surface area contributed by atoms with Crippen molar-refractivity contribution >= 4 is 23.6 Å². The Morgan fingerprint density at radius 1 is 0.969 bits per heavy atom. The summed E-state index contributed by atoms with van der Waals surface area (Å²) >= 11 is 1.43. The summed E-state index contributed by atoms with van der Waals surface area (Å²) in [5.41, 5.74) is 3.37. The Labute approximate surface area is 194 Å². The molecule has 2 amide bonds. The molecule has 4 rings (SSSR count). The van der Waals surface area contributed by atoms with Gasteiger partial charge in [-0.25, -0.2) is 0 Å². The van der Waals surface area contributed by atoms with Gasteiger partial charge in [0.1, 0.15) is 5.82 Å². The highest BCUT2D eigenvalue weighted by molar-refractivity contribution is 7.99. The van der Waals surface area contributed by atoms with E-state index in [1.54, 1.807) is 0 Å². The molecule has 0 bridgehead atoms. The standard InChI is InChI=1S/C24H33N5O2S/c1-17-8-9-18(2)21(14-17)29-19(3)25-26-24(29)32-16-23(31)28-12-10-27(11-13-28)22(30)15-20-6-4-5-7-20/h8-9,14,20H,4-7,10-13,15-16H2,1-3H3. The molecule has 8 heteroatoms. The van der Waals surface area contributed by atoms with E-state index in [2.05, 4.69) is 42.2 Å². The number of carbonyl (C=O) groups is 2. The van der Waals surface area contributed by atoms with Crippen LogP contribution in [0, 0.1) is 26.7 Å². The van der Waals surface area contributed by atoms with Crippen LogP contribution in [-0.4, -0.2) is 68.3 Å². The molecule has 1 aliphatic carbocycles. The molecule has 32 heavy (non-hydrogen) atoms. The highest BCUT2D eigenvalue weighted by Gasteiger charge is 2.27. The van der Waals surface area contributed by atoms with Gasteiger partial charge in [0.2, 0.25) is 11.8 Å². The lowest BCUT2D eigenvalue weighted by molar-refractivity contribution is -0.138. The number of hydrogen-bond acceptors (Lipinski definition) is 5. The van der Waals surface area contributed by atoms with E-state index in [1.165, 1.54) is 43.0 Å². The zero-order valence-electron chi connectivity index (χ0n) is 19.3. The third kappa shape index (κ3) is 5.17. The zero-order chi connectivity index (χ0) is 22.7. The van der Waals surface area contributed by atoms with E-state index in [4.69, 9.17) is 0 Å². The first-order chi connectivity index (χ1) is 15.4. The fraction of sp³-hybridized carbons (Fsp3) is 0.583. The maximum atomic E-state index is 12.8. The van der Waals surface area contributed by atoms with Crippen molar-refractivity contribution in [2.45, 2.75) is 58.0 Å². The van der Waals surface area contributed by atoms with Crippen LogP contribution < -0.4 is 0 Å². The van der Waals surface area contributed by atoms with Gasteiger partial charge >= 0.3 is 0 Å². The van der Waals surface area contributed by atoms with Crippen molar-refractivity contribution in [2.24, 2.45) is 5.92 Å². The predicted octanol–water partition coefficient (Wildman–Crippen LogP) is 3.54. The average molecular weight is 456 g/mol. The number of aromatic nitrogens is 3. The number of amides is 2. The molecular weight excluding hydrogens is 422 g/mol. The van der Waals surface area contributed by atoms with Crippen LogP contribution in [0.2, 0.25) is 0 Å². The molecule has 2 aliphatic rings. The molecule has 172 valence electrons. The molecule has 0 unspecified atom stereocenters. The van der Waals surface area contributed by atoms with E-state index >= 15 is 0 Å². The first-order valence-corrected chi connectivity index (χ1v) is 12.6. The van der Waals surface area contributed by atoms with Gasteiger partial charge in [0.25, 0.3) is 0 Å². The van der Waals surface area contributed by atoms with Gasteiger partial charge in [0.15, 0.2) is 5.16 Å². The van der Waals surface area contributed by atoms with Crippen molar-refractivity contribution in [3.05, 3.63) is 35.2 Å². The maximum Gasteiger partial charge on any atom is 0.233 e. The lowest BCUT2D eigenvalue weighted by atomic mass is 10.0. The fourth-order valence-electron chi connectivity index (χ4n) is 4.69. The number of nitrogens with zero attached hydrogens (tertiary/aromatic N) is 5. The Morgan fingerprint density at radius 2 is 1.62 bits per heavy atom. The van der Waals surface area contributed by atoms with Crippen molar-refractivity contribution in [1.82, 2.24) is 24.6 Å². The van der Waals surface area contributed by atoms with E-state index < -0.39 is 0 Å². The minimum atomic E-state index is 0.0889. The van der Waals surface area contributed by atoms with Crippen LogP contribution in [0.25, 0.3) is 5.69 Å². The molecule has 1 saturated carbocycles. The monoisotopic (exact) mass is 455 g/mol. The number of carbonyl (C=O) groups excluding carboxylic acids is 2. The number of piperazine rings is 1. The summed E-state index contributed by atoms with van der Waals surface area (Å²) in [6.07, 6.45) is 5.57. The van der Waals surface area contributed by atoms with Crippen molar-refractivity contribution < 1.29 is 9.59 Å². The third-order valence-electron chi connectivity index (χ3n) is 6.65. The molecule has 1 saturated heterocycles. The Bertz CT molecular complexity index is 975. The van der Waals surface area contributed by atoms with Gasteiger partial charge in [0, 0.05) is 32.6 Å². The summed E-state index contributed by atoms with van der Waals surface area (Å²) in [7, 11) is 0. The Hall–Kier alpha value is -2.35. The van der Waals surface area contributed by atoms with Crippen LogP contribution in [0.3, 0.4) is 0 Å². The predicted molar refractivity (Wildman–Crippen MR) is 126 cm³/mol. The lowest BCUT2D eigenvalue weighted by Gasteiger charge is -2.35. The van der Waals surface area contributed by atoms with E-state index in [9.17, 15) is 9.59 Å². The van der Waals surface area contributed by atoms with E-state index in [-0.39, 0.29) is 11.8 Å². The Morgan fingerprint density at radius 3 is 2.31 bits per heavy atom. The van der Waals surface area contributed by atoms with Gasteiger partial charge in [-0.3, -0.25) is 14.2 Å². The van der Waals surface area contributed by atoms with Crippen LogP contribution in [-0.2, 0) is 9.59 Å². The zero-order valence-corrected chi connectivity index (χ0v) is 20.2. The summed E-state index contributed by atoms with van der Waals surface area (Å²) in [5, 5.41) is 9.30. The molecule has 2 aromatic rings. The maximum absolute atomic E-state index is 12.8. The molecule has 7 nitrogen and oxygen atoms in total. The lowest BCUT2D eigenvalue weighted by Crippen LogP contribution is -2.51. The van der Waals surface area contributed by atoms with Gasteiger partial charge in [0.05, 0.1) is 11.4 Å². The van der Waals surface area contributed by atoms with Crippen molar-refractivity contribution in [1.29, 1.82) is 0 Å². The minimum Gasteiger partial charge on any atom is -0.339 e. The molecule has 0 N–H and O–H groups in total. The largest absolute Gasteiger partial charge is 0.339 e. The van der Waals surface area contributed by atoms with Gasteiger partial charge in [-0.2, -0.15) is 0 Å². The molecule has 0 atom stereocenters. The fourth-order valence-corrected chi connectivity index (χ4v) is 5.58. The summed E-state index contributed by atoms with van der Waals surface area (Å²) in [5.74, 6) is 2.04. The number of aryl methyl sites for hydroxylation is 3. The average Bonchev–Trinajstić information content (AvgIpc) is 3.43. The Kier molecular flexibility index (Phi) is 7.18. The second-order valence-electron chi connectivity index (χ2n) is 9.06. The first-order valence-electron chi connectivity index (χ1n) is 11.6. The van der Waals surface area contributed by atoms with Gasteiger partial charge in [-0.1, -0.05) is 36.7 Å². The summed E-state index contributed by atoms with van der Waals surface area (Å²) in [6.45, 7) is 8.57. The van der Waals surface area contributed by atoms with E-state index in [1.807, 2.05) is 21.3 Å². The van der Waals surface area contributed by atoms with Crippen molar-refractivity contribution in [2.75, 3.05) is 31.9 Å². The summed E-state index contributed by atoms with van der Waals surface area (Å²) in [6, 6.07) is 6.31. The molecule has 0 radical (unpaired) electrons. The van der Waals surface area contributed by atoms with Gasteiger partial charge in [-0.05, 0) is 56.7 Å². The van der Waals surface area contributed by atoms with Gasteiger partial charge < -0.3 is 9.80 Å². The normalized spacial score (nSPS) is 17.2. The van der Waals surface area contributed by atoms with Gasteiger partial charge in [-0.15, -0.1) is 10.2 Å². The molecular formula is C24H33N5O2S. The molecule has 0 spiro atoms. The number of thioether (sulfide) groups is 1. The SMILES string of the molecule is Cc1ccc(C)c(-n2c(C)nnc2SCC(=O)N2CCN(C(=O)CC3CCCC3)CC2)c1. The first kappa shape index (κ1) is 22.8. The highest BCUT2D eigenvalue weighted by atomic mass is 32.2. The van der Waals surface area contributed by atoms with Crippen LogP contribution in [0.1, 0.15) is 49.1 Å². The van der Waals surface area contributed by atoms with Crippen LogP contribution in [0.15, 0.2) is 23.4 Å².